The maximum absolute atomic E-state index is 11.9. The summed E-state index contributed by atoms with van der Waals surface area (Å²) in [5.74, 6) is 0. The summed E-state index contributed by atoms with van der Waals surface area (Å²) in [7, 11) is 0. The van der Waals surface area contributed by atoms with E-state index in [1.807, 2.05) is 13.8 Å². The lowest BCUT2D eigenvalue weighted by atomic mass is 10.2. The van der Waals surface area contributed by atoms with Gasteiger partial charge < -0.3 is 0 Å². The van der Waals surface area contributed by atoms with Gasteiger partial charge >= 0.3 is 0 Å². The normalized spacial score (nSPS) is 10.0. The molecule has 0 aliphatic rings. The van der Waals surface area contributed by atoms with Crippen LogP contribution < -0.4 is 0 Å². The van der Waals surface area contributed by atoms with Crippen molar-refractivity contribution in [3.63, 3.8) is 0 Å². The van der Waals surface area contributed by atoms with Gasteiger partial charge in [0.05, 0.1) is 6.17 Å². The molecular weight excluding hydrogens is 79.1 g/mol. The molecule has 0 unspecified atom stereocenters. The van der Waals surface area contributed by atoms with Gasteiger partial charge in [-0.25, -0.2) is 4.39 Å². The lowest BCUT2D eigenvalue weighted by molar-refractivity contribution is 0.316. The zero-order valence-corrected chi connectivity index (χ0v) is 4.37. The maximum Gasteiger partial charge on any atom is 0.0996 e. The molecule has 0 saturated heterocycles. The molecule has 0 aromatic heterocycles. The van der Waals surface area contributed by atoms with E-state index >= 15 is 0 Å². The predicted octanol–water partition coefficient (Wildman–Crippen LogP) is 2.14. The van der Waals surface area contributed by atoms with Gasteiger partial charge in [0, 0.05) is 0 Å². The van der Waals surface area contributed by atoms with Crippen LogP contribution in [0.25, 0.3) is 0 Å². The van der Waals surface area contributed by atoms with Crippen LogP contribution in [-0.2, 0) is 0 Å². The van der Waals surface area contributed by atoms with Gasteiger partial charge in [-0.05, 0) is 12.8 Å². The van der Waals surface area contributed by atoms with Gasteiger partial charge in [-0.2, -0.15) is 0 Å². The fraction of sp³-hybridized carbons (Fsp3) is 1.00. The van der Waals surface area contributed by atoms with Crippen molar-refractivity contribution >= 4 is 0 Å². The van der Waals surface area contributed by atoms with Crippen LogP contribution in [0.5, 0.6) is 0 Å². The monoisotopic (exact) mass is 90.1 g/mol. The first kappa shape index (κ1) is 5.93. The summed E-state index contributed by atoms with van der Waals surface area (Å²) in [5, 5.41) is 0. The SMILES string of the molecule is CCC(F)CC. The van der Waals surface area contributed by atoms with E-state index in [0.29, 0.717) is 12.8 Å². The number of hydrogen-bond donors (Lipinski definition) is 0. The van der Waals surface area contributed by atoms with Crippen molar-refractivity contribution in [2.24, 2.45) is 0 Å². The molecule has 0 heterocycles. The van der Waals surface area contributed by atoms with Gasteiger partial charge in [-0.1, -0.05) is 13.8 Å². The molecule has 0 aliphatic heterocycles. The third-order valence-electron chi connectivity index (χ3n) is 0.886. The van der Waals surface area contributed by atoms with E-state index in [-0.39, 0.29) is 0 Å². The Morgan fingerprint density at radius 3 is 1.67 bits per heavy atom. The number of alkyl halides is 1. The second-order valence-corrected chi connectivity index (χ2v) is 1.41. The largest absolute Gasteiger partial charge is 0.248 e. The molecule has 0 radical (unpaired) electrons. The van der Waals surface area contributed by atoms with Crippen LogP contribution in [0, 0.1) is 0 Å². The molecule has 0 N–H and O–H groups in total. The highest BCUT2D eigenvalue weighted by Crippen LogP contribution is 1.98. The van der Waals surface area contributed by atoms with Gasteiger partial charge in [0.15, 0.2) is 0 Å². The summed E-state index contributed by atoms with van der Waals surface area (Å²) < 4.78 is 11.9. The standard InChI is InChI=1S/C5H11F/c1-3-5(6)4-2/h5H,3-4H2,1-2H3. The Morgan fingerprint density at radius 1 is 1.33 bits per heavy atom. The molecule has 0 rings (SSSR count). The van der Waals surface area contributed by atoms with Crippen LogP contribution in [-0.4, -0.2) is 6.17 Å². The Bertz CT molecular complexity index is 23.1. The number of rotatable bonds is 2. The van der Waals surface area contributed by atoms with Crippen LogP contribution in [0.1, 0.15) is 26.7 Å². The molecule has 0 aliphatic carbocycles. The van der Waals surface area contributed by atoms with Crippen LogP contribution in [0.3, 0.4) is 0 Å². The quantitative estimate of drug-likeness (QED) is 0.487. The highest BCUT2D eigenvalue weighted by Gasteiger charge is 1.93. The molecule has 0 fully saturated rings. The first-order valence-corrected chi connectivity index (χ1v) is 2.45. The minimum absolute atomic E-state index is 0.565. The molecule has 6 heavy (non-hydrogen) atoms. The van der Waals surface area contributed by atoms with Crippen molar-refractivity contribution in [3.8, 4) is 0 Å². The fourth-order valence-corrected chi connectivity index (χ4v) is 0.289. The zero-order valence-electron chi connectivity index (χ0n) is 4.37. The molecule has 0 saturated carbocycles. The summed E-state index contributed by atoms with van der Waals surface area (Å²) in [5.41, 5.74) is 0. The minimum Gasteiger partial charge on any atom is -0.248 e. The van der Waals surface area contributed by atoms with E-state index in [1.54, 1.807) is 0 Å². The Hall–Kier alpha value is -0.0700. The summed E-state index contributed by atoms with van der Waals surface area (Å²) in [6.07, 6.45) is 0.762. The molecule has 0 aromatic rings. The Balaban J connectivity index is 2.75. The topological polar surface area (TPSA) is 0 Å². The minimum atomic E-state index is -0.565. The highest BCUT2D eigenvalue weighted by atomic mass is 19.1. The molecule has 0 amide bonds. The molecule has 1 heteroatoms. The molecule has 0 nitrogen and oxygen atoms in total. The van der Waals surface area contributed by atoms with E-state index in [2.05, 4.69) is 0 Å². The van der Waals surface area contributed by atoms with Crippen LogP contribution >= 0.6 is 0 Å². The summed E-state index contributed by atoms with van der Waals surface area (Å²) >= 11 is 0. The van der Waals surface area contributed by atoms with Crippen molar-refractivity contribution in [2.45, 2.75) is 32.9 Å². The zero-order chi connectivity index (χ0) is 4.99. The summed E-state index contributed by atoms with van der Waals surface area (Å²) in [6, 6.07) is 0. The van der Waals surface area contributed by atoms with Crippen molar-refractivity contribution in [2.75, 3.05) is 0 Å². The van der Waals surface area contributed by atoms with Crippen molar-refractivity contribution < 1.29 is 4.39 Å². The lowest BCUT2D eigenvalue weighted by Gasteiger charge is -1.94. The molecular formula is C5H11F. The Labute approximate surface area is 38.4 Å². The first-order valence-electron chi connectivity index (χ1n) is 2.45. The van der Waals surface area contributed by atoms with E-state index in [9.17, 15) is 4.39 Å². The van der Waals surface area contributed by atoms with Crippen molar-refractivity contribution in [1.29, 1.82) is 0 Å². The Kier molecular flexibility index (Phi) is 3.10. The van der Waals surface area contributed by atoms with Gasteiger partial charge in [0.2, 0.25) is 0 Å². The van der Waals surface area contributed by atoms with Crippen LogP contribution in [0.2, 0.25) is 0 Å². The second-order valence-electron chi connectivity index (χ2n) is 1.41. The lowest BCUT2D eigenvalue weighted by Crippen LogP contribution is -1.91. The van der Waals surface area contributed by atoms with Gasteiger partial charge in [-0.3, -0.25) is 0 Å². The molecule has 38 valence electrons. The average molecular weight is 90.1 g/mol. The molecule has 0 aromatic carbocycles. The maximum atomic E-state index is 11.9. The first-order chi connectivity index (χ1) is 2.81. The summed E-state index contributed by atoms with van der Waals surface area (Å²) in [6.45, 7) is 3.71. The molecule has 0 spiro atoms. The van der Waals surface area contributed by atoms with E-state index < -0.39 is 6.17 Å². The highest BCUT2D eigenvalue weighted by molar-refractivity contribution is 4.44. The van der Waals surface area contributed by atoms with Gasteiger partial charge in [-0.15, -0.1) is 0 Å². The van der Waals surface area contributed by atoms with E-state index in [1.165, 1.54) is 0 Å². The number of hydrogen-bond acceptors (Lipinski definition) is 0. The van der Waals surface area contributed by atoms with Gasteiger partial charge in [0.25, 0.3) is 0 Å². The molecule has 0 atom stereocenters. The fourth-order valence-electron chi connectivity index (χ4n) is 0.289. The smallest absolute Gasteiger partial charge is 0.0996 e. The van der Waals surface area contributed by atoms with Crippen LogP contribution in [0.15, 0.2) is 0 Å². The van der Waals surface area contributed by atoms with E-state index in [4.69, 9.17) is 0 Å². The van der Waals surface area contributed by atoms with Gasteiger partial charge in [0.1, 0.15) is 0 Å². The van der Waals surface area contributed by atoms with Crippen molar-refractivity contribution in [1.82, 2.24) is 0 Å². The third kappa shape index (κ3) is 2.18. The Morgan fingerprint density at radius 2 is 1.67 bits per heavy atom. The summed E-state index contributed by atoms with van der Waals surface area (Å²) in [4.78, 5) is 0. The average Bonchev–Trinajstić information content (AvgIpc) is 1.65. The predicted molar refractivity (Wildman–Crippen MR) is 25.5 cm³/mol. The number of halogens is 1. The molecule has 0 bridgehead atoms. The second kappa shape index (κ2) is 3.13. The van der Waals surface area contributed by atoms with Crippen molar-refractivity contribution in [3.05, 3.63) is 0 Å². The van der Waals surface area contributed by atoms with E-state index in [0.717, 1.165) is 0 Å². The third-order valence-corrected chi connectivity index (χ3v) is 0.886. The van der Waals surface area contributed by atoms with Crippen LogP contribution in [0.4, 0.5) is 4.39 Å².